The van der Waals surface area contributed by atoms with Crippen LogP contribution in [0.25, 0.3) is 0 Å². The van der Waals surface area contributed by atoms with Crippen LogP contribution in [-0.2, 0) is 0 Å². The number of nitrogens with zero attached hydrogens (tertiary/aromatic N) is 3. The summed E-state index contributed by atoms with van der Waals surface area (Å²) in [6.07, 6.45) is 0. The van der Waals surface area contributed by atoms with Crippen LogP contribution in [0.3, 0.4) is 0 Å². The fourth-order valence-electron chi connectivity index (χ4n) is 2.45. The van der Waals surface area contributed by atoms with Crippen LogP contribution in [0.15, 0.2) is 40.4 Å². The molecule has 2 rings (SSSR count). The number of benzene rings is 1. The lowest BCUT2D eigenvalue weighted by atomic mass is 10.2. The fourth-order valence-corrected chi connectivity index (χ4v) is 3.39. The number of amidine groups is 1. The minimum Gasteiger partial charge on any atom is -0.409 e. The monoisotopic (exact) mass is 308 g/mol. The fraction of sp³-hybridized carbons (Fsp3) is 0.533. The quantitative estimate of drug-likeness (QED) is 0.274. The van der Waals surface area contributed by atoms with Gasteiger partial charge in [-0.15, -0.1) is 11.8 Å². The van der Waals surface area contributed by atoms with E-state index in [-0.39, 0.29) is 6.04 Å². The first kappa shape index (κ1) is 16.1. The molecule has 0 amide bonds. The molecule has 0 saturated carbocycles. The number of oxime groups is 1. The predicted octanol–water partition coefficient (Wildman–Crippen LogP) is 1.53. The average molecular weight is 308 g/mol. The average Bonchev–Trinajstić information content (AvgIpc) is 2.55. The van der Waals surface area contributed by atoms with Crippen LogP contribution < -0.4 is 5.73 Å². The second-order valence-corrected chi connectivity index (χ2v) is 6.41. The van der Waals surface area contributed by atoms with Gasteiger partial charge in [0.25, 0.3) is 0 Å². The lowest BCUT2D eigenvalue weighted by molar-refractivity contribution is 0.126. The summed E-state index contributed by atoms with van der Waals surface area (Å²) in [5.74, 6) is 1.41. The normalized spacial score (nSPS) is 19.6. The van der Waals surface area contributed by atoms with Crippen molar-refractivity contribution < 1.29 is 5.21 Å². The molecule has 0 aliphatic carbocycles. The van der Waals surface area contributed by atoms with Crippen molar-refractivity contribution in [2.24, 2.45) is 10.9 Å². The van der Waals surface area contributed by atoms with Gasteiger partial charge in [0.2, 0.25) is 0 Å². The zero-order valence-electron chi connectivity index (χ0n) is 12.5. The standard InChI is InChI=1S/C15H24N4OS/c1-13(15(16)17-20)19-9-7-18(8-10-19)11-12-21-14-5-3-2-4-6-14/h2-6,13,20H,7-12H2,1H3,(H2,16,17). The van der Waals surface area contributed by atoms with E-state index in [1.165, 1.54) is 4.90 Å². The molecule has 116 valence electrons. The Morgan fingerprint density at radius 1 is 1.29 bits per heavy atom. The Labute approximate surface area is 130 Å². The zero-order valence-corrected chi connectivity index (χ0v) is 13.3. The van der Waals surface area contributed by atoms with E-state index in [0.29, 0.717) is 5.84 Å². The van der Waals surface area contributed by atoms with E-state index < -0.39 is 0 Å². The Balaban J connectivity index is 1.67. The van der Waals surface area contributed by atoms with Crippen molar-refractivity contribution in [3.05, 3.63) is 30.3 Å². The van der Waals surface area contributed by atoms with E-state index in [0.717, 1.165) is 38.5 Å². The first-order chi connectivity index (χ1) is 10.2. The maximum absolute atomic E-state index is 8.74. The number of piperazine rings is 1. The highest BCUT2D eigenvalue weighted by atomic mass is 32.2. The van der Waals surface area contributed by atoms with Crippen LogP contribution in [0.5, 0.6) is 0 Å². The molecule has 0 bridgehead atoms. The summed E-state index contributed by atoms with van der Waals surface area (Å²) >= 11 is 1.90. The third kappa shape index (κ3) is 4.91. The van der Waals surface area contributed by atoms with Gasteiger partial charge in [-0.3, -0.25) is 9.80 Å². The Morgan fingerprint density at radius 2 is 1.95 bits per heavy atom. The van der Waals surface area contributed by atoms with Crippen molar-refractivity contribution in [1.82, 2.24) is 9.80 Å². The third-order valence-electron chi connectivity index (χ3n) is 3.92. The molecule has 0 aromatic heterocycles. The minimum atomic E-state index is 0.0100. The zero-order chi connectivity index (χ0) is 15.1. The summed E-state index contributed by atoms with van der Waals surface area (Å²) in [4.78, 5) is 6.07. The summed E-state index contributed by atoms with van der Waals surface area (Å²) < 4.78 is 0. The summed E-state index contributed by atoms with van der Waals surface area (Å²) in [6.45, 7) is 7.10. The van der Waals surface area contributed by atoms with E-state index in [1.54, 1.807) is 0 Å². The second-order valence-electron chi connectivity index (χ2n) is 5.24. The Bertz CT molecular complexity index is 446. The Kier molecular flexibility index (Phi) is 6.35. The molecule has 1 aliphatic heterocycles. The van der Waals surface area contributed by atoms with Crippen molar-refractivity contribution in [2.75, 3.05) is 38.5 Å². The van der Waals surface area contributed by atoms with Gasteiger partial charge in [-0.2, -0.15) is 0 Å². The van der Waals surface area contributed by atoms with Gasteiger partial charge in [0.1, 0.15) is 0 Å². The summed E-state index contributed by atoms with van der Waals surface area (Å²) in [5, 5.41) is 11.8. The summed E-state index contributed by atoms with van der Waals surface area (Å²) in [5.41, 5.74) is 5.67. The SMILES string of the molecule is CC(C(N)=NO)N1CCN(CCSc2ccccc2)CC1. The van der Waals surface area contributed by atoms with Gasteiger partial charge >= 0.3 is 0 Å². The summed E-state index contributed by atoms with van der Waals surface area (Å²) in [6, 6.07) is 10.5. The number of rotatable bonds is 6. The van der Waals surface area contributed by atoms with E-state index in [4.69, 9.17) is 10.9 Å². The van der Waals surface area contributed by atoms with Gasteiger partial charge in [0.05, 0.1) is 6.04 Å². The van der Waals surface area contributed by atoms with Crippen LogP contribution in [-0.4, -0.2) is 65.4 Å². The molecule has 5 nitrogen and oxygen atoms in total. The highest BCUT2D eigenvalue weighted by Gasteiger charge is 2.23. The number of hydrogen-bond acceptors (Lipinski definition) is 5. The van der Waals surface area contributed by atoms with E-state index in [1.807, 2.05) is 24.8 Å². The van der Waals surface area contributed by atoms with Crippen LogP contribution >= 0.6 is 11.8 Å². The molecule has 21 heavy (non-hydrogen) atoms. The van der Waals surface area contributed by atoms with E-state index in [9.17, 15) is 0 Å². The molecule has 0 spiro atoms. The molecular weight excluding hydrogens is 284 g/mol. The van der Waals surface area contributed by atoms with Crippen molar-refractivity contribution in [2.45, 2.75) is 17.9 Å². The van der Waals surface area contributed by atoms with Crippen LogP contribution in [0.1, 0.15) is 6.92 Å². The molecule has 1 aromatic carbocycles. The van der Waals surface area contributed by atoms with Gasteiger partial charge in [0, 0.05) is 43.4 Å². The van der Waals surface area contributed by atoms with Crippen molar-refractivity contribution in [1.29, 1.82) is 0 Å². The highest BCUT2D eigenvalue weighted by molar-refractivity contribution is 7.99. The Morgan fingerprint density at radius 3 is 2.57 bits per heavy atom. The molecule has 1 saturated heterocycles. The molecular formula is C15H24N4OS. The second kappa shape index (κ2) is 8.26. The summed E-state index contributed by atoms with van der Waals surface area (Å²) in [7, 11) is 0. The molecule has 1 unspecified atom stereocenters. The third-order valence-corrected chi connectivity index (χ3v) is 4.91. The molecule has 1 fully saturated rings. The highest BCUT2D eigenvalue weighted by Crippen LogP contribution is 2.17. The molecule has 0 radical (unpaired) electrons. The predicted molar refractivity (Wildman–Crippen MR) is 88.0 cm³/mol. The number of nitrogens with two attached hydrogens (primary N) is 1. The van der Waals surface area contributed by atoms with Crippen molar-refractivity contribution in [3.8, 4) is 0 Å². The van der Waals surface area contributed by atoms with E-state index >= 15 is 0 Å². The largest absolute Gasteiger partial charge is 0.409 e. The van der Waals surface area contributed by atoms with Gasteiger partial charge < -0.3 is 10.9 Å². The first-order valence-corrected chi connectivity index (χ1v) is 8.31. The van der Waals surface area contributed by atoms with Gasteiger partial charge in [-0.1, -0.05) is 23.4 Å². The van der Waals surface area contributed by atoms with Gasteiger partial charge in [0.15, 0.2) is 5.84 Å². The Hall–Kier alpha value is -1.24. The molecule has 1 heterocycles. The van der Waals surface area contributed by atoms with Gasteiger partial charge in [-0.05, 0) is 19.1 Å². The molecule has 1 aromatic rings. The molecule has 1 atom stereocenters. The van der Waals surface area contributed by atoms with Crippen molar-refractivity contribution in [3.63, 3.8) is 0 Å². The number of hydrogen-bond donors (Lipinski definition) is 2. The minimum absolute atomic E-state index is 0.0100. The lowest BCUT2D eigenvalue weighted by Gasteiger charge is -2.37. The van der Waals surface area contributed by atoms with E-state index in [2.05, 4.69) is 39.2 Å². The molecule has 3 N–H and O–H groups in total. The van der Waals surface area contributed by atoms with Crippen molar-refractivity contribution >= 4 is 17.6 Å². The first-order valence-electron chi connectivity index (χ1n) is 7.32. The maximum atomic E-state index is 8.74. The maximum Gasteiger partial charge on any atom is 0.156 e. The molecule has 6 heteroatoms. The van der Waals surface area contributed by atoms with Crippen LogP contribution in [0, 0.1) is 0 Å². The van der Waals surface area contributed by atoms with Crippen LogP contribution in [0.2, 0.25) is 0 Å². The topological polar surface area (TPSA) is 65.1 Å². The van der Waals surface area contributed by atoms with Gasteiger partial charge in [-0.25, -0.2) is 0 Å². The lowest BCUT2D eigenvalue weighted by Crippen LogP contribution is -2.53. The smallest absolute Gasteiger partial charge is 0.156 e. The molecule has 1 aliphatic rings. The van der Waals surface area contributed by atoms with Crippen LogP contribution in [0.4, 0.5) is 0 Å². The number of thioether (sulfide) groups is 1.